The largest absolute Gasteiger partial charge is 0.497 e. The van der Waals surface area contributed by atoms with Crippen molar-refractivity contribution in [1.82, 2.24) is 0 Å². The summed E-state index contributed by atoms with van der Waals surface area (Å²) in [6, 6.07) is 18.8. The number of halogens is 1. The van der Waals surface area contributed by atoms with E-state index in [1.54, 1.807) is 47.1 Å². The maximum Gasteiger partial charge on any atom is 0.361 e. The monoisotopic (exact) mass is 713 g/mol. The first-order chi connectivity index (χ1) is 22.9. The molecule has 49 heavy (non-hydrogen) atoms. The standard InChI is InChI=1S/C37H48ClNO9Si/c1-36(2,3)47-35(41)37(4,5)48-39-32(34(40)44-21-22-49(8,9)10)29-19-20-30(45-23-25-11-15-27(42-6)16-12-25)33(31(29)38)46-24-26-13-17-28(43-7)18-14-26/h11-20H,21-24H2,1-10H3/b39-32-. The zero-order chi connectivity index (χ0) is 36.4. The van der Waals surface area contributed by atoms with E-state index in [-0.39, 0.29) is 41.9 Å². The summed E-state index contributed by atoms with van der Waals surface area (Å²) in [5, 5.41) is 4.20. The van der Waals surface area contributed by atoms with Crippen LogP contribution >= 0.6 is 11.6 Å². The molecular weight excluding hydrogens is 666 g/mol. The van der Waals surface area contributed by atoms with Gasteiger partial charge < -0.3 is 33.3 Å². The molecule has 3 aromatic rings. The summed E-state index contributed by atoms with van der Waals surface area (Å²) in [6.45, 7) is 15.3. The van der Waals surface area contributed by atoms with Crippen molar-refractivity contribution >= 4 is 37.3 Å². The molecule has 0 bridgehead atoms. The summed E-state index contributed by atoms with van der Waals surface area (Å²) in [4.78, 5) is 32.2. The molecule has 0 amide bonds. The van der Waals surface area contributed by atoms with Gasteiger partial charge in [-0.25, -0.2) is 9.59 Å². The van der Waals surface area contributed by atoms with Gasteiger partial charge in [0.05, 0.1) is 25.8 Å². The minimum Gasteiger partial charge on any atom is -0.497 e. The van der Waals surface area contributed by atoms with Gasteiger partial charge in [0.1, 0.15) is 30.3 Å². The summed E-state index contributed by atoms with van der Waals surface area (Å²) < 4.78 is 34.1. The third-order valence-corrected chi connectivity index (χ3v) is 9.03. The second-order valence-electron chi connectivity index (χ2n) is 14.0. The van der Waals surface area contributed by atoms with Gasteiger partial charge in [0.25, 0.3) is 0 Å². The summed E-state index contributed by atoms with van der Waals surface area (Å²) in [5.74, 6) is 0.507. The van der Waals surface area contributed by atoms with Crippen LogP contribution in [0.25, 0.3) is 0 Å². The van der Waals surface area contributed by atoms with Crippen LogP contribution in [0.1, 0.15) is 51.3 Å². The van der Waals surface area contributed by atoms with Gasteiger partial charge in [0, 0.05) is 13.6 Å². The molecule has 0 aliphatic heterocycles. The van der Waals surface area contributed by atoms with E-state index >= 15 is 0 Å². The lowest BCUT2D eigenvalue weighted by Crippen LogP contribution is -2.40. The van der Waals surface area contributed by atoms with Crippen molar-refractivity contribution in [3.05, 3.63) is 82.4 Å². The van der Waals surface area contributed by atoms with E-state index in [2.05, 4.69) is 24.8 Å². The van der Waals surface area contributed by atoms with Crippen molar-refractivity contribution in [1.29, 1.82) is 0 Å². The Morgan fingerprint density at radius 1 is 0.776 bits per heavy atom. The number of methoxy groups -OCH3 is 2. The Balaban J connectivity index is 2.04. The number of rotatable bonds is 16. The molecule has 0 saturated carbocycles. The van der Waals surface area contributed by atoms with E-state index < -0.39 is 31.2 Å². The van der Waals surface area contributed by atoms with E-state index in [1.165, 1.54) is 13.8 Å². The second-order valence-corrected chi connectivity index (χ2v) is 20.0. The lowest BCUT2D eigenvalue weighted by molar-refractivity contribution is -0.179. The third kappa shape index (κ3) is 12.3. The van der Waals surface area contributed by atoms with E-state index in [0.29, 0.717) is 11.5 Å². The SMILES string of the molecule is COc1ccc(COc2ccc(/C(=N/OC(C)(C)C(=O)OC(C)(C)C)C(=O)OCC[Si](C)(C)C)c(Cl)c2OCc2ccc(OC)cc2)cc1. The summed E-state index contributed by atoms with van der Waals surface area (Å²) in [5.41, 5.74) is -0.659. The van der Waals surface area contributed by atoms with Crippen LogP contribution in [0.5, 0.6) is 23.0 Å². The minimum atomic E-state index is -1.54. The average Bonchev–Trinajstić information content (AvgIpc) is 3.03. The molecule has 12 heteroatoms. The van der Waals surface area contributed by atoms with Crippen LogP contribution in [0.15, 0.2) is 65.8 Å². The van der Waals surface area contributed by atoms with Crippen molar-refractivity contribution < 1.29 is 42.8 Å². The number of carbonyl (C=O) groups is 2. The molecule has 0 unspecified atom stereocenters. The van der Waals surface area contributed by atoms with Crippen LogP contribution in [-0.2, 0) is 37.1 Å². The predicted octanol–water partition coefficient (Wildman–Crippen LogP) is 8.24. The molecule has 10 nitrogen and oxygen atoms in total. The van der Waals surface area contributed by atoms with E-state index in [1.807, 2.05) is 48.5 Å². The first-order valence-corrected chi connectivity index (χ1v) is 20.0. The maximum atomic E-state index is 13.6. The Kier molecular flexibility index (Phi) is 13.6. The van der Waals surface area contributed by atoms with Crippen LogP contribution in [0.4, 0.5) is 0 Å². The van der Waals surface area contributed by atoms with Crippen molar-refractivity contribution in [3.8, 4) is 23.0 Å². The molecule has 0 saturated heterocycles. The number of oxime groups is 1. The molecule has 0 radical (unpaired) electrons. The van der Waals surface area contributed by atoms with Crippen molar-refractivity contribution in [2.24, 2.45) is 5.16 Å². The van der Waals surface area contributed by atoms with Crippen LogP contribution in [-0.4, -0.2) is 57.8 Å². The molecule has 3 aromatic carbocycles. The van der Waals surface area contributed by atoms with Gasteiger partial charge in [-0.2, -0.15) is 0 Å². The number of hydrogen-bond acceptors (Lipinski definition) is 10. The Morgan fingerprint density at radius 3 is 1.80 bits per heavy atom. The Bertz CT molecular complexity index is 1590. The van der Waals surface area contributed by atoms with Crippen molar-refractivity contribution in [3.63, 3.8) is 0 Å². The van der Waals surface area contributed by atoms with Crippen LogP contribution in [0.3, 0.4) is 0 Å². The summed E-state index contributed by atoms with van der Waals surface area (Å²) in [6.07, 6.45) is 0. The van der Waals surface area contributed by atoms with Gasteiger partial charge in [-0.1, -0.05) is 60.7 Å². The Hall–Kier alpha value is -4.22. The Morgan fingerprint density at radius 2 is 1.31 bits per heavy atom. The fourth-order valence-corrected chi connectivity index (χ4v) is 5.06. The molecular formula is C37H48ClNO9Si. The summed E-state index contributed by atoms with van der Waals surface area (Å²) >= 11 is 7.02. The van der Waals surface area contributed by atoms with Gasteiger partial charge in [0.15, 0.2) is 17.2 Å². The number of hydrogen-bond donors (Lipinski definition) is 0. The molecule has 3 rings (SSSR count). The van der Waals surface area contributed by atoms with Gasteiger partial charge in [-0.3, -0.25) is 0 Å². The fourth-order valence-electron chi connectivity index (χ4n) is 4.04. The van der Waals surface area contributed by atoms with Crippen LogP contribution in [0, 0.1) is 0 Å². The molecule has 266 valence electrons. The molecule has 0 N–H and O–H groups in total. The number of carbonyl (C=O) groups excluding carboxylic acids is 2. The number of nitrogens with zero attached hydrogens (tertiary/aromatic N) is 1. The lowest BCUT2D eigenvalue weighted by Gasteiger charge is -2.27. The van der Waals surface area contributed by atoms with Crippen LogP contribution < -0.4 is 18.9 Å². The molecule has 0 aliphatic carbocycles. The van der Waals surface area contributed by atoms with Crippen molar-refractivity contribution in [2.75, 3.05) is 20.8 Å². The zero-order valence-electron chi connectivity index (χ0n) is 30.1. The highest BCUT2D eigenvalue weighted by atomic mass is 35.5. The highest BCUT2D eigenvalue weighted by Gasteiger charge is 2.36. The molecule has 0 spiro atoms. The normalized spacial score (nSPS) is 12.2. The van der Waals surface area contributed by atoms with E-state index in [9.17, 15) is 9.59 Å². The average molecular weight is 714 g/mol. The zero-order valence-corrected chi connectivity index (χ0v) is 31.9. The van der Waals surface area contributed by atoms with Gasteiger partial charge >= 0.3 is 11.9 Å². The van der Waals surface area contributed by atoms with Gasteiger partial charge in [-0.05, 0) is 88.2 Å². The molecule has 0 atom stereocenters. The van der Waals surface area contributed by atoms with Crippen molar-refractivity contribution in [2.45, 2.75) is 84.7 Å². The maximum absolute atomic E-state index is 13.6. The quantitative estimate of drug-likeness (QED) is 0.0627. The van der Waals surface area contributed by atoms with Gasteiger partial charge in [-0.15, -0.1) is 0 Å². The van der Waals surface area contributed by atoms with Gasteiger partial charge in [0.2, 0.25) is 5.60 Å². The highest BCUT2D eigenvalue weighted by Crippen LogP contribution is 2.39. The fraction of sp³-hybridized carbons (Fsp3) is 0.432. The Labute approximate surface area is 295 Å². The van der Waals surface area contributed by atoms with E-state index in [4.69, 9.17) is 44.9 Å². The summed E-state index contributed by atoms with van der Waals surface area (Å²) in [7, 11) is 1.67. The van der Waals surface area contributed by atoms with E-state index in [0.717, 1.165) is 22.9 Å². The first kappa shape index (κ1) is 39.2. The highest BCUT2D eigenvalue weighted by molar-refractivity contribution is 6.76. The molecule has 0 fully saturated rings. The predicted molar refractivity (Wildman–Crippen MR) is 193 cm³/mol. The number of esters is 2. The number of benzene rings is 3. The molecule has 0 aromatic heterocycles. The lowest BCUT2D eigenvalue weighted by atomic mass is 10.1. The first-order valence-electron chi connectivity index (χ1n) is 15.9. The number of ether oxygens (including phenoxy) is 6. The molecule has 0 aliphatic rings. The minimum absolute atomic E-state index is 0.0420. The van der Waals surface area contributed by atoms with Crippen LogP contribution in [0.2, 0.25) is 30.7 Å². The topological polar surface area (TPSA) is 111 Å². The molecule has 0 heterocycles. The smallest absolute Gasteiger partial charge is 0.361 e. The third-order valence-electron chi connectivity index (χ3n) is 6.95. The second kappa shape index (κ2) is 16.9.